The van der Waals surface area contributed by atoms with Gasteiger partial charge in [0.25, 0.3) is 5.56 Å². The Balaban J connectivity index is 1.68. The number of nitrogens with one attached hydrogen (secondary N) is 1. The zero-order valence-electron chi connectivity index (χ0n) is 16.0. The molecule has 1 N–H and O–H groups in total. The van der Waals surface area contributed by atoms with Crippen molar-refractivity contribution in [2.45, 2.75) is 32.1 Å². The summed E-state index contributed by atoms with van der Waals surface area (Å²) in [6, 6.07) is 16.9. The van der Waals surface area contributed by atoms with E-state index < -0.39 is 0 Å². The van der Waals surface area contributed by atoms with Crippen LogP contribution in [0.5, 0.6) is 11.5 Å². The number of para-hydroxylation sites is 1. The first-order valence-electron chi connectivity index (χ1n) is 9.54. The number of hydrogen-bond acceptors (Lipinski definition) is 5. The van der Waals surface area contributed by atoms with Crippen LogP contribution in [0, 0.1) is 0 Å². The number of thiol groups is 1. The van der Waals surface area contributed by atoms with Crippen LogP contribution >= 0.6 is 12.8 Å². The lowest BCUT2D eigenvalue weighted by molar-refractivity contribution is -0.116. The quantitative estimate of drug-likeness (QED) is 0.623. The van der Waals surface area contributed by atoms with Crippen LogP contribution < -0.4 is 15.6 Å². The number of aryl methyl sites for hydroxylation is 1. The number of amides is 1. The summed E-state index contributed by atoms with van der Waals surface area (Å²) in [6.45, 7) is 2.00. The Kier molecular flexibility index (Phi) is 5.40. The van der Waals surface area contributed by atoms with E-state index in [1.54, 1.807) is 0 Å². The van der Waals surface area contributed by atoms with E-state index >= 15 is 0 Å². The van der Waals surface area contributed by atoms with E-state index in [2.05, 4.69) is 23.1 Å². The predicted octanol–water partition coefficient (Wildman–Crippen LogP) is 4.16. The standard InChI is InChI=1S/C22H21N3O3S/c1-2-6-18-23-21-20(22(27)25(18)29)17(13-19(26)24-21)14-9-11-16(12-10-14)28-15-7-4-3-5-8-15/h3-5,7-12,17,29H,2,6,13H2,1H3,(H,24,26). The summed E-state index contributed by atoms with van der Waals surface area (Å²) in [5.74, 6) is 1.79. The third kappa shape index (κ3) is 3.91. The number of anilines is 1. The number of rotatable bonds is 5. The van der Waals surface area contributed by atoms with Gasteiger partial charge in [-0.2, -0.15) is 0 Å². The molecule has 29 heavy (non-hydrogen) atoms. The predicted molar refractivity (Wildman–Crippen MR) is 115 cm³/mol. The molecule has 0 aliphatic carbocycles. The number of nitrogens with zero attached hydrogens (tertiary/aromatic N) is 2. The molecule has 1 unspecified atom stereocenters. The number of carbonyl (C=O) groups excluding carboxylic acids is 1. The average Bonchev–Trinajstić information content (AvgIpc) is 2.72. The van der Waals surface area contributed by atoms with Gasteiger partial charge in [-0.25, -0.2) is 8.96 Å². The van der Waals surface area contributed by atoms with Gasteiger partial charge in [-0.15, -0.1) is 0 Å². The maximum atomic E-state index is 13.0. The first-order valence-corrected chi connectivity index (χ1v) is 9.94. The summed E-state index contributed by atoms with van der Waals surface area (Å²) >= 11 is 4.34. The molecule has 3 aromatic rings. The zero-order valence-corrected chi connectivity index (χ0v) is 16.9. The molecule has 1 aliphatic heterocycles. The second-order valence-electron chi connectivity index (χ2n) is 6.95. The molecule has 0 bridgehead atoms. The van der Waals surface area contributed by atoms with Crippen molar-refractivity contribution in [3.63, 3.8) is 0 Å². The van der Waals surface area contributed by atoms with Gasteiger partial charge in [0.05, 0.1) is 5.56 Å². The number of carbonyl (C=O) groups is 1. The monoisotopic (exact) mass is 407 g/mol. The number of fused-ring (bicyclic) bond motifs is 1. The van der Waals surface area contributed by atoms with Gasteiger partial charge in [0.1, 0.15) is 23.1 Å². The highest BCUT2D eigenvalue weighted by Gasteiger charge is 2.31. The van der Waals surface area contributed by atoms with Crippen LogP contribution in [0.25, 0.3) is 0 Å². The fraction of sp³-hybridized carbons (Fsp3) is 0.227. The SMILES string of the molecule is CCCc1nc2c(c(=O)n1S)C(c1ccc(Oc3ccccc3)cc1)CC(=O)N2. The van der Waals surface area contributed by atoms with Crippen molar-refractivity contribution in [3.8, 4) is 11.5 Å². The number of hydrogen-bond donors (Lipinski definition) is 2. The van der Waals surface area contributed by atoms with E-state index in [4.69, 9.17) is 4.74 Å². The first-order chi connectivity index (χ1) is 14.1. The Morgan fingerprint density at radius 3 is 2.48 bits per heavy atom. The second kappa shape index (κ2) is 8.13. The molecule has 2 aromatic carbocycles. The fourth-order valence-electron chi connectivity index (χ4n) is 3.51. The highest BCUT2D eigenvalue weighted by molar-refractivity contribution is 7.78. The number of ether oxygens (including phenoxy) is 1. The molecule has 0 saturated heterocycles. The van der Waals surface area contributed by atoms with Gasteiger partial charge in [0.2, 0.25) is 5.91 Å². The summed E-state index contributed by atoms with van der Waals surface area (Å²) < 4.78 is 7.12. The molecular weight excluding hydrogens is 386 g/mol. The van der Waals surface area contributed by atoms with Crippen molar-refractivity contribution in [3.05, 3.63) is 81.9 Å². The van der Waals surface area contributed by atoms with Crippen molar-refractivity contribution >= 4 is 24.5 Å². The van der Waals surface area contributed by atoms with Crippen LogP contribution in [-0.2, 0) is 11.2 Å². The topological polar surface area (TPSA) is 73.2 Å². The van der Waals surface area contributed by atoms with Gasteiger partial charge in [-0.1, -0.05) is 50.1 Å². The molecule has 2 heterocycles. The fourth-order valence-corrected chi connectivity index (χ4v) is 3.76. The van der Waals surface area contributed by atoms with E-state index in [9.17, 15) is 9.59 Å². The Bertz CT molecular complexity index is 1090. The minimum Gasteiger partial charge on any atom is -0.457 e. The highest BCUT2D eigenvalue weighted by atomic mass is 32.1. The van der Waals surface area contributed by atoms with Crippen LogP contribution in [0.3, 0.4) is 0 Å². The van der Waals surface area contributed by atoms with Gasteiger partial charge in [0.15, 0.2) is 0 Å². The second-order valence-corrected chi connectivity index (χ2v) is 7.35. The third-order valence-electron chi connectivity index (χ3n) is 4.89. The van der Waals surface area contributed by atoms with E-state index in [-0.39, 0.29) is 23.8 Å². The van der Waals surface area contributed by atoms with Crippen LogP contribution in [0.1, 0.15) is 42.6 Å². The Hall–Kier alpha value is -3.06. The maximum absolute atomic E-state index is 13.0. The van der Waals surface area contributed by atoms with Crippen molar-refractivity contribution in [1.82, 2.24) is 8.96 Å². The normalized spacial score (nSPS) is 15.5. The lowest BCUT2D eigenvalue weighted by atomic mass is 9.87. The van der Waals surface area contributed by atoms with Gasteiger partial charge < -0.3 is 10.1 Å². The summed E-state index contributed by atoms with van der Waals surface area (Å²) in [5.41, 5.74) is 1.09. The number of benzene rings is 2. The molecule has 0 saturated carbocycles. The molecule has 1 atom stereocenters. The molecule has 4 rings (SSSR count). The smallest absolute Gasteiger partial charge is 0.269 e. The molecular formula is C22H21N3O3S. The van der Waals surface area contributed by atoms with E-state index in [1.165, 1.54) is 3.97 Å². The summed E-state index contributed by atoms with van der Waals surface area (Å²) in [4.78, 5) is 29.8. The van der Waals surface area contributed by atoms with E-state index in [0.717, 1.165) is 17.7 Å². The summed E-state index contributed by atoms with van der Waals surface area (Å²) in [7, 11) is 0. The van der Waals surface area contributed by atoms with E-state index in [0.29, 0.717) is 29.4 Å². The molecule has 1 aromatic heterocycles. The molecule has 148 valence electrons. The summed E-state index contributed by atoms with van der Waals surface area (Å²) in [5, 5.41) is 2.75. The minimum atomic E-state index is -0.376. The van der Waals surface area contributed by atoms with Crippen LogP contribution in [0.15, 0.2) is 59.4 Å². The minimum absolute atomic E-state index is 0.154. The van der Waals surface area contributed by atoms with Crippen molar-refractivity contribution < 1.29 is 9.53 Å². The Morgan fingerprint density at radius 2 is 1.79 bits per heavy atom. The summed E-state index contributed by atoms with van der Waals surface area (Å²) in [6.07, 6.45) is 1.62. The molecule has 1 amide bonds. The molecule has 0 fully saturated rings. The lowest BCUT2D eigenvalue weighted by Gasteiger charge is -2.25. The van der Waals surface area contributed by atoms with E-state index in [1.807, 2.05) is 61.5 Å². The van der Waals surface area contributed by atoms with Gasteiger partial charge >= 0.3 is 0 Å². The van der Waals surface area contributed by atoms with Crippen LogP contribution in [0.2, 0.25) is 0 Å². The third-order valence-corrected chi connectivity index (χ3v) is 5.31. The van der Waals surface area contributed by atoms with Crippen molar-refractivity contribution in [2.24, 2.45) is 0 Å². The molecule has 1 aliphatic rings. The zero-order chi connectivity index (χ0) is 20.4. The van der Waals surface area contributed by atoms with Crippen LogP contribution in [-0.4, -0.2) is 14.9 Å². The Labute approximate surface area is 174 Å². The Morgan fingerprint density at radius 1 is 1.10 bits per heavy atom. The average molecular weight is 407 g/mol. The lowest BCUT2D eigenvalue weighted by Crippen LogP contribution is -2.34. The molecule has 7 heteroatoms. The van der Waals surface area contributed by atoms with Gasteiger partial charge in [0, 0.05) is 18.8 Å². The van der Waals surface area contributed by atoms with Crippen molar-refractivity contribution in [1.29, 1.82) is 0 Å². The number of aromatic nitrogens is 2. The molecule has 0 radical (unpaired) electrons. The van der Waals surface area contributed by atoms with Gasteiger partial charge in [-0.3, -0.25) is 9.59 Å². The van der Waals surface area contributed by atoms with Crippen LogP contribution in [0.4, 0.5) is 5.82 Å². The van der Waals surface area contributed by atoms with Crippen molar-refractivity contribution in [2.75, 3.05) is 5.32 Å². The largest absolute Gasteiger partial charge is 0.457 e. The molecule has 0 spiro atoms. The highest BCUT2D eigenvalue weighted by Crippen LogP contribution is 2.35. The maximum Gasteiger partial charge on any atom is 0.269 e. The first kappa shape index (κ1) is 19.3. The molecule has 6 nitrogen and oxygen atoms in total. The van der Waals surface area contributed by atoms with Gasteiger partial charge in [-0.05, 0) is 36.2 Å².